The molecule has 0 saturated carbocycles. The fourth-order valence-electron chi connectivity index (χ4n) is 2.88. The molecular formula is C17H21N5O. The topological polar surface area (TPSA) is 75.3 Å². The van der Waals surface area contributed by atoms with E-state index in [9.17, 15) is 4.79 Å². The van der Waals surface area contributed by atoms with Crippen molar-refractivity contribution in [2.75, 3.05) is 37.8 Å². The lowest BCUT2D eigenvalue weighted by molar-refractivity contribution is -0.118. The third-order valence-corrected chi connectivity index (χ3v) is 3.96. The first-order valence-electron chi connectivity index (χ1n) is 7.72. The molecule has 0 saturated heterocycles. The Labute approximate surface area is 135 Å². The molecule has 120 valence electrons. The predicted molar refractivity (Wildman–Crippen MR) is 91.1 cm³/mol. The van der Waals surface area contributed by atoms with Gasteiger partial charge in [0.2, 0.25) is 11.9 Å². The summed E-state index contributed by atoms with van der Waals surface area (Å²) in [5.41, 5.74) is 9.17. The molecule has 1 aliphatic heterocycles. The normalized spacial score (nSPS) is 13.7. The number of hydrogen-bond acceptors (Lipinski definition) is 5. The molecule has 0 spiro atoms. The Morgan fingerprint density at radius 3 is 2.87 bits per heavy atom. The van der Waals surface area contributed by atoms with E-state index < -0.39 is 0 Å². The molecule has 1 aromatic carbocycles. The Bertz CT molecular complexity index is 729. The van der Waals surface area contributed by atoms with Crippen LogP contribution in [-0.2, 0) is 11.2 Å². The molecule has 23 heavy (non-hydrogen) atoms. The van der Waals surface area contributed by atoms with Gasteiger partial charge in [0, 0.05) is 23.9 Å². The molecule has 6 heteroatoms. The molecule has 0 atom stereocenters. The van der Waals surface area contributed by atoms with Gasteiger partial charge in [-0.2, -0.15) is 0 Å². The van der Waals surface area contributed by atoms with Crippen molar-refractivity contribution in [2.24, 2.45) is 0 Å². The summed E-state index contributed by atoms with van der Waals surface area (Å²) in [4.78, 5) is 25.1. The van der Waals surface area contributed by atoms with Gasteiger partial charge in [0.1, 0.15) is 0 Å². The predicted octanol–water partition coefficient (Wildman–Crippen LogP) is 1.57. The number of rotatable bonds is 4. The largest absolute Gasteiger partial charge is 0.368 e. The van der Waals surface area contributed by atoms with Gasteiger partial charge in [0.25, 0.3) is 0 Å². The van der Waals surface area contributed by atoms with Crippen LogP contribution in [0.2, 0.25) is 0 Å². The molecule has 1 aromatic heterocycles. The summed E-state index contributed by atoms with van der Waals surface area (Å²) in [5.74, 6) is 0.301. The van der Waals surface area contributed by atoms with Crippen molar-refractivity contribution < 1.29 is 4.79 Å². The molecule has 2 N–H and O–H groups in total. The highest BCUT2D eigenvalue weighted by atomic mass is 16.2. The third kappa shape index (κ3) is 3.17. The number of aromatic nitrogens is 2. The molecule has 6 nitrogen and oxygen atoms in total. The molecule has 1 aliphatic rings. The number of carbonyl (C=O) groups excluding carboxylic acids is 1. The van der Waals surface area contributed by atoms with Crippen LogP contribution in [0.1, 0.15) is 12.0 Å². The Balaban J connectivity index is 2.01. The first kappa shape index (κ1) is 15.4. The van der Waals surface area contributed by atoms with Gasteiger partial charge in [-0.1, -0.05) is 18.2 Å². The van der Waals surface area contributed by atoms with Crippen molar-refractivity contribution >= 4 is 17.5 Å². The van der Waals surface area contributed by atoms with Gasteiger partial charge in [-0.3, -0.25) is 4.79 Å². The smallest absolute Gasteiger partial charge is 0.231 e. The lowest BCUT2D eigenvalue weighted by Crippen LogP contribution is -2.34. The van der Waals surface area contributed by atoms with Gasteiger partial charge >= 0.3 is 0 Å². The number of anilines is 2. The lowest BCUT2D eigenvalue weighted by Gasteiger charge is -2.23. The van der Waals surface area contributed by atoms with Gasteiger partial charge < -0.3 is 15.5 Å². The van der Waals surface area contributed by atoms with Crippen molar-refractivity contribution in [1.29, 1.82) is 0 Å². The molecule has 0 bridgehead atoms. The highest BCUT2D eigenvalue weighted by molar-refractivity contribution is 6.01. The van der Waals surface area contributed by atoms with Crippen LogP contribution in [0.3, 0.4) is 0 Å². The van der Waals surface area contributed by atoms with E-state index in [1.165, 1.54) is 0 Å². The maximum atomic E-state index is 12.7. The standard InChI is InChI=1S/C17H21N5O/c1-21(2)8-5-9-22-14-7-4-3-6-13(14)16-12(10-15(22)23)11-19-17(18)20-16/h3-4,6-7,11H,5,8-10H2,1-2H3,(H2,18,19,20). The van der Waals surface area contributed by atoms with Crippen molar-refractivity contribution in [2.45, 2.75) is 12.8 Å². The van der Waals surface area contributed by atoms with Crippen LogP contribution in [-0.4, -0.2) is 48.0 Å². The molecule has 0 aliphatic carbocycles. The number of benzene rings is 1. The van der Waals surface area contributed by atoms with E-state index >= 15 is 0 Å². The van der Waals surface area contributed by atoms with Crippen LogP contribution in [0.4, 0.5) is 11.6 Å². The highest BCUT2D eigenvalue weighted by Gasteiger charge is 2.26. The van der Waals surface area contributed by atoms with E-state index in [-0.39, 0.29) is 11.9 Å². The third-order valence-electron chi connectivity index (χ3n) is 3.96. The summed E-state index contributed by atoms with van der Waals surface area (Å²) in [6.45, 7) is 1.62. The van der Waals surface area contributed by atoms with Gasteiger partial charge in [-0.25, -0.2) is 9.97 Å². The quantitative estimate of drug-likeness (QED) is 0.927. The van der Waals surface area contributed by atoms with E-state index in [0.29, 0.717) is 13.0 Å². The molecule has 1 amide bonds. The van der Waals surface area contributed by atoms with Crippen LogP contribution in [0.25, 0.3) is 11.3 Å². The minimum absolute atomic E-state index is 0.0725. The number of para-hydroxylation sites is 1. The van der Waals surface area contributed by atoms with Crippen LogP contribution in [0.15, 0.2) is 30.5 Å². The second kappa shape index (κ2) is 6.34. The van der Waals surface area contributed by atoms with Crippen LogP contribution >= 0.6 is 0 Å². The van der Waals surface area contributed by atoms with E-state index in [0.717, 1.165) is 35.5 Å². The maximum Gasteiger partial charge on any atom is 0.231 e. The summed E-state index contributed by atoms with van der Waals surface area (Å²) in [7, 11) is 4.07. The summed E-state index contributed by atoms with van der Waals surface area (Å²) >= 11 is 0. The average Bonchev–Trinajstić information content (AvgIpc) is 2.63. The fraction of sp³-hybridized carbons (Fsp3) is 0.353. The van der Waals surface area contributed by atoms with Crippen molar-refractivity contribution in [3.05, 3.63) is 36.0 Å². The summed E-state index contributed by atoms with van der Waals surface area (Å²) in [6, 6.07) is 7.85. The van der Waals surface area contributed by atoms with E-state index in [4.69, 9.17) is 5.73 Å². The van der Waals surface area contributed by atoms with Crippen LogP contribution in [0.5, 0.6) is 0 Å². The number of hydrogen-bond donors (Lipinski definition) is 1. The zero-order valence-corrected chi connectivity index (χ0v) is 13.5. The Morgan fingerprint density at radius 1 is 1.30 bits per heavy atom. The summed E-state index contributed by atoms with van der Waals surface area (Å²) in [5, 5.41) is 0. The average molecular weight is 311 g/mol. The zero-order valence-electron chi connectivity index (χ0n) is 13.5. The van der Waals surface area contributed by atoms with E-state index in [2.05, 4.69) is 14.9 Å². The number of nitrogen functional groups attached to an aromatic ring is 1. The maximum absolute atomic E-state index is 12.7. The first-order valence-corrected chi connectivity index (χ1v) is 7.72. The number of fused-ring (bicyclic) bond motifs is 3. The van der Waals surface area contributed by atoms with Gasteiger partial charge in [0.15, 0.2) is 0 Å². The second-order valence-electron chi connectivity index (χ2n) is 6.00. The van der Waals surface area contributed by atoms with Crippen molar-refractivity contribution in [3.63, 3.8) is 0 Å². The summed E-state index contributed by atoms with van der Waals surface area (Å²) < 4.78 is 0. The minimum atomic E-state index is 0.0725. The minimum Gasteiger partial charge on any atom is -0.368 e. The van der Waals surface area contributed by atoms with Gasteiger partial charge in [-0.15, -0.1) is 0 Å². The Kier molecular flexibility index (Phi) is 4.25. The fourth-order valence-corrected chi connectivity index (χ4v) is 2.88. The van der Waals surface area contributed by atoms with E-state index in [1.54, 1.807) is 6.20 Å². The highest BCUT2D eigenvalue weighted by Crippen LogP contribution is 2.35. The first-order chi connectivity index (χ1) is 11.1. The monoisotopic (exact) mass is 311 g/mol. The molecule has 2 heterocycles. The number of nitrogens with two attached hydrogens (primary N) is 1. The number of carbonyl (C=O) groups is 1. The van der Waals surface area contributed by atoms with Gasteiger partial charge in [0.05, 0.1) is 17.8 Å². The molecule has 0 fully saturated rings. The van der Waals surface area contributed by atoms with Crippen LogP contribution in [0, 0.1) is 0 Å². The Morgan fingerprint density at radius 2 is 2.09 bits per heavy atom. The molecule has 3 rings (SSSR count). The molecule has 0 radical (unpaired) electrons. The SMILES string of the molecule is CN(C)CCCN1C(=O)Cc2cnc(N)nc2-c2ccccc21. The molecule has 2 aromatic rings. The second-order valence-corrected chi connectivity index (χ2v) is 6.00. The molecular weight excluding hydrogens is 290 g/mol. The Hall–Kier alpha value is -2.47. The van der Waals surface area contributed by atoms with Crippen LogP contribution < -0.4 is 10.6 Å². The van der Waals surface area contributed by atoms with E-state index in [1.807, 2.05) is 43.3 Å². The van der Waals surface area contributed by atoms with Gasteiger partial charge in [-0.05, 0) is 33.1 Å². The number of nitrogens with zero attached hydrogens (tertiary/aromatic N) is 4. The lowest BCUT2D eigenvalue weighted by atomic mass is 10.1. The summed E-state index contributed by atoms with van der Waals surface area (Å²) in [6.07, 6.45) is 2.87. The number of amides is 1. The van der Waals surface area contributed by atoms with Crippen molar-refractivity contribution in [1.82, 2.24) is 14.9 Å². The zero-order chi connectivity index (χ0) is 16.4. The molecule has 0 unspecified atom stereocenters. The van der Waals surface area contributed by atoms with Crippen molar-refractivity contribution in [3.8, 4) is 11.3 Å².